The molecule has 9 fully saturated rings. The van der Waals surface area contributed by atoms with Crippen molar-refractivity contribution in [1.82, 2.24) is 0 Å². The summed E-state index contributed by atoms with van der Waals surface area (Å²) < 4.78 is 60.0. The fourth-order valence-electron chi connectivity index (χ4n) is 17.5. The van der Waals surface area contributed by atoms with Gasteiger partial charge in [0.15, 0.2) is 37.4 Å². The number of rotatable bonds is 12. The summed E-state index contributed by atoms with van der Waals surface area (Å²) in [6.07, 6.45) is -35.0. The predicted molar refractivity (Wildman–Crippen MR) is 284 cm³/mol. The van der Waals surface area contributed by atoms with Gasteiger partial charge in [-0.2, -0.15) is 0 Å². The molecule has 0 spiro atoms. The number of fused-ring (bicyclic) bond motifs is 7. The van der Waals surface area contributed by atoms with Crippen LogP contribution in [0.2, 0.25) is 0 Å². The molecule has 0 aromatic rings. The number of aliphatic hydroxyl groups excluding tert-OH is 14. The number of carbonyl (C=O) groups is 2. The minimum atomic E-state index is -2.03. The maximum atomic E-state index is 15.8. The highest BCUT2D eigenvalue weighted by Gasteiger charge is 2.72. The second-order valence-corrected chi connectivity index (χ2v) is 28.3. The first-order valence-electron chi connectivity index (χ1n) is 30.1. The smallest absolute Gasteiger partial charge is 0.335 e. The number of aliphatic carboxylic acids is 1. The minimum absolute atomic E-state index is 0.0353. The summed E-state index contributed by atoms with van der Waals surface area (Å²) in [7, 11) is 0. The molecule has 0 aromatic carbocycles. The van der Waals surface area contributed by atoms with E-state index in [1.54, 1.807) is 0 Å². The topological polar surface area (TPSA) is 430 Å². The maximum absolute atomic E-state index is 15.8. The standard InChI is InChI=1S/C58H92O27/c1-22-42(81-47-38(69)32(63)25(60)20-76-47)37(68)41(72)48(78-22)84-45-43(82-49-39(70)34(65)33(64)27(19-59)79-49)26(61)21-77-51(45)85-52(75)58-16-15-53(2,3)17-24(58)23-9-10-29-55(6)13-12-31(80-50-40(71)35(66)36(67)44(83-50)46(73)74)54(4,5)28(55)11-14-56(29,7)57(23,8)18-30(58)62/h9,22,24-45,47-51,59-72H,10-21H2,1-8H3,(H,73,74)/t22-,24-,25+,26+,27+,28-,29+,30+,31-,32-,33+,34-,35-,36-,37-,38+,39+,40+,41+,42-,43+,44-,45-,47-,48-,49-,50+,51+,55-,56+,57+,58+/m0/s1. The number of hydrogen-bond acceptors (Lipinski definition) is 26. The van der Waals surface area contributed by atoms with Crippen LogP contribution < -0.4 is 0 Å². The highest BCUT2D eigenvalue weighted by Crippen LogP contribution is 2.76. The summed E-state index contributed by atoms with van der Waals surface area (Å²) in [5.74, 6) is -2.88. The van der Waals surface area contributed by atoms with Gasteiger partial charge in [0.1, 0.15) is 97.0 Å². The zero-order valence-corrected chi connectivity index (χ0v) is 49.3. The molecular weight excluding hydrogens is 1130 g/mol. The Kier molecular flexibility index (Phi) is 18.4. The van der Waals surface area contributed by atoms with E-state index in [1.807, 2.05) is 0 Å². The van der Waals surface area contributed by atoms with Crippen molar-refractivity contribution in [1.29, 1.82) is 0 Å². The van der Waals surface area contributed by atoms with E-state index in [4.69, 9.17) is 47.4 Å². The number of hydrogen-bond donors (Lipinski definition) is 15. The summed E-state index contributed by atoms with van der Waals surface area (Å²) >= 11 is 0. The van der Waals surface area contributed by atoms with Crippen molar-refractivity contribution in [2.24, 2.45) is 50.2 Å². The lowest BCUT2D eigenvalue weighted by Gasteiger charge is -2.71. The molecule has 10 rings (SSSR count). The van der Waals surface area contributed by atoms with Gasteiger partial charge in [-0.15, -0.1) is 0 Å². The number of carboxylic acid groups (broad SMARTS) is 1. The van der Waals surface area contributed by atoms with E-state index in [9.17, 15) is 81.4 Å². The molecule has 0 bridgehead atoms. The molecule has 15 N–H and O–H groups in total. The van der Waals surface area contributed by atoms with Crippen molar-refractivity contribution in [3.05, 3.63) is 11.6 Å². The molecule has 0 amide bonds. The van der Waals surface area contributed by atoms with Crippen LogP contribution >= 0.6 is 0 Å². The Hall–Kier alpha value is -2.24. The average molecular weight is 1220 g/mol. The zero-order chi connectivity index (χ0) is 62.2. The second kappa shape index (κ2) is 23.8. The Bertz CT molecular complexity index is 2430. The second-order valence-electron chi connectivity index (χ2n) is 28.3. The highest BCUT2D eigenvalue weighted by molar-refractivity contribution is 5.80. The van der Waals surface area contributed by atoms with Gasteiger partial charge in [0.25, 0.3) is 0 Å². The van der Waals surface area contributed by atoms with Crippen molar-refractivity contribution in [3.8, 4) is 0 Å². The van der Waals surface area contributed by atoms with E-state index in [2.05, 4.69) is 54.5 Å². The van der Waals surface area contributed by atoms with E-state index in [0.29, 0.717) is 38.5 Å². The average Bonchev–Trinajstić information content (AvgIpc) is 0.735. The van der Waals surface area contributed by atoms with Crippen LogP contribution in [0, 0.1) is 50.2 Å². The van der Waals surface area contributed by atoms with Gasteiger partial charge in [0.05, 0.1) is 38.1 Å². The lowest BCUT2D eigenvalue weighted by atomic mass is 9.33. The van der Waals surface area contributed by atoms with Crippen LogP contribution in [0.1, 0.15) is 113 Å². The third-order valence-electron chi connectivity index (χ3n) is 22.7. The Morgan fingerprint density at radius 2 is 1.16 bits per heavy atom. The first-order valence-corrected chi connectivity index (χ1v) is 30.1. The fourth-order valence-corrected chi connectivity index (χ4v) is 17.5. The summed E-state index contributed by atoms with van der Waals surface area (Å²) in [6, 6.07) is 0. The van der Waals surface area contributed by atoms with Gasteiger partial charge < -0.3 is 124 Å². The van der Waals surface area contributed by atoms with Gasteiger partial charge in [0.2, 0.25) is 6.29 Å². The number of esters is 1. The van der Waals surface area contributed by atoms with Gasteiger partial charge in [-0.1, -0.05) is 60.1 Å². The van der Waals surface area contributed by atoms with Gasteiger partial charge >= 0.3 is 11.9 Å². The quantitative estimate of drug-likeness (QED) is 0.0532. The lowest BCUT2D eigenvalue weighted by Crippen LogP contribution is -2.68. The van der Waals surface area contributed by atoms with Crippen LogP contribution in [0.3, 0.4) is 0 Å². The van der Waals surface area contributed by atoms with Crippen LogP contribution in [0.4, 0.5) is 0 Å². The lowest BCUT2D eigenvalue weighted by molar-refractivity contribution is -0.385. The van der Waals surface area contributed by atoms with E-state index in [0.717, 1.165) is 12.0 Å². The van der Waals surface area contributed by atoms with Gasteiger partial charge in [-0.05, 0) is 110 Å². The Morgan fingerprint density at radius 1 is 0.576 bits per heavy atom. The number of allylic oxidation sites excluding steroid dienone is 2. The molecule has 0 radical (unpaired) electrons. The predicted octanol–water partition coefficient (Wildman–Crippen LogP) is -2.84. The number of carboxylic acids is 1. The number of ether oxygens (including phenoxy) is 10. The van der Waals surface area contributed by atoms with Gasteiger partial charge in [-0.25, -0.2) is 4.79 Å². The summed E-state index contributed by atoms with van der Waals surface area (Å²) in [5, 5.41) is 163. The van der Waals surface area contributed by atoms with E-state index < -0.39 is 213 Å². The van der Waals surface area contributed by atoms with E-state index >= 15 is 4.79 Å². The van der Waals surface area contributed by atoms with Crippen molar-refractivity contribution in [3.63, 3.8) is 0 Å². The van der Waals surface area contributed by atoms with E-state index in [-0.39, 0.29) is 35.5 Å². The molecule has 5 saturated heterocycles. The maximum Gasteiger partial charge on any atom is 0.335 e. The van der Waals surface area contributed by atoms with Gasteiger partial charge in [0, 0.05) is 0 Å². The monoisotopic (exact) mass is 1220 g/mol. The Balaban J connectivity index is 0.932. The largest absolute Gasteiger partial charge is 0.479 e. The number of carbonyl (C=O) groups excluding carboxylic acids is 1. The minimum Gasteiger partial charge on any atom is -0.479 e. The molecule has 0 unspecified atom stereocenters. The van der Waals surface area contributed by atoms with Crippen molar-refractivity contribution in [2.75, 3.05) is 19.8 Å². The highest BCUT2D eigenvalue weighted by atomic mass is 16.8. The third-order valence-corrected chi connectivity index (χ3v) is 22.7. The normalized spacial score (nSPS) is 54.1. The molecule has 486 valence electrons. The van der Waals surface area contributed by atoms with Gasteiger partial charge in [-0.3, -0.25) is 4.79 Å². The molecule has 5 aliphatic carbocycles. The molecule has 27 heteroatoms. The number of aliphatic hydroxyl groups is 14. The fraction of sp³-hybridized carbons (Fsp3) is 0.931. The summed E-state index contributed by atoms with van der Waals surface area (Å²) in [4.78, 5) is 27.8. The van der Waals surface area contributed by atoms with E-state index in [1.165, 1.54) is 6.92 Å². The molecular formula is C58H92O27. The molecule has 27 nitrogen and oxygen atoms in total. The van der Waals surface area contributed by atoms with Crippen molar-refractivity contribution in [2.45, 2.75) is 267 Å². The van der Waals surface area contributed by atoms with Crippen LogP contribution in [0.25, 0.3) is 0 Å². The Labute approximate surface area is 492 Å². The molecule has 5 aliphatic heterocycles. The van der Waals surface area contributed by atoms with Crippen LogP contribution in [0.15, 0.2) is 11.6 Å². The molecule has 32 atom stereocenters. The zero-order valence-electron chi connectivity index (χ0n) is 49.3. The third kappa shape index (κ3) is 10.9. The molecule has 5 heterocycles. The Morgan fingerprint density at radius 3 is 1.84 bits per heavy atom. The van der Waals surface area contributed by atoms with Crippen LogP contribution in [-0.4, -0.2) is 262 Å². The SMILES string of the molecule is C[C@@H]1O[C@@H](O[C@@H]2[C@@H](OC(=O)[C@]34CCC(C)(C)C[C@H]3C3=CC[C@@H]5[C@@]6(C)CC[C@H](O[C@@H]7O[C@H](C(=O)O)[C@@H](O)[C@H](O)[C@H]7O)C(C)(C)[C@@H]6CC[C@@]5(C)[C@]3(C)C[C@H]4O)OC[C@@H](O)[C@H]2O[C@@H]2O[C@H](CO)[C@@H](O)[C@H](O)[C@H]2O)[C@H](O)[C@H](O)[C@H]1O[C@@H]1OC[C@@H](O)[C@H](O)[C@H]1O. The van der Waals surface area contributed by atoms with Crippen LogP contribution in [0.5, 0.6) is 0 Å². The first kappa shape index (κ1) is 65.7. The van der Waals surface area contributed by atoms with Crippen molar-refractivity contribution < 1.29 is 134 Å². The molecule has 85 heavy (non-hydrogen) atoms. The summed E-state index contributed by atoms with van der Waals surface area (Å²) in [5.41, 5.74) is -2.92. The summed E-state index contributed by atoms with van der Waals surface area (Å²) in [6.45, 7) is 14.7. The van der Waals surface area contributed by atoms with Crippen LogP contribution in [-0.2, 0) is 57.0 Å². The van der Waals surface area contributed by atoms with Crippen molar-refractivity contribution >= 4 is 11.9 Å². The molecule has 10 aliphatic rings. The first-order chi connectivity index (χ1) is 39.7. The molecule has 0 aromatic heterocycles. The molecule has 4 saturated carbocycles.